The molecule has 0 fully saturated rings. The van der Waals surface area contributed by atoms with Crippen LogP contribution in [0.3, 0.4) is 0 Å². The van der Waals surface area contributed by atoms with Crippen molar-refractivity contribution in [3.05, 3.63) is 29.3 Å². The third-order valence-corrected chi connectivity index (χ3v) is 3.06. The highest BCUT2D eigenvalue weighted by Crippen LogP contribution is 2.29. The van der Waals surface area contributed by atoms with Crippen LogP contribution in [0.5, 0.6) is 5.75 Å². The van der Waals surface area contributed by atoms with E-state index in [1.165, 1.54) is 0 Å². The van der Waals surface area contributed by atoms with Gasteiger partial charge in [-0.05, 0) is 36.6 Å². The SMILES string of the molecule is CCCC(C(=O)O)C(O)c1ccc(OC)c(C)c1. The lowest BCUT2D eigenvalue weighted by Crippen LogP contribution is -2.22. The third kappa shape index (κ3) is 3.23. The summed E-state index contributed by atoms with van der Waals surface area (Å²) in [5.41, 5.74) is 1.50. The van der Waals surface area contributed by atoms with Gasteiger partial charge in [-0.1, -0.05) is 19.4 Å². The van der Waals surface area contributed by atoms with Crippen molar-refractivity contribution in [2.45, 2.75) is 32.8 Å². The Labute approximate surface area is 107 Å². The molecule has 0 aromatic heterocycles. The lowest BCUT2D eigenvalue weighted by molar-refractivity contribution is -0.146. The number of aryl methyl sites for hydroxylation is 1. The van der Waals surface area contributed by atoms with E-state index in [-0.39, 0.29) is 0 Å². The summed E-state index contributed by atoms with van der Waals surface area (Å²) in [6.45, 7) is 3.77. The average Bonchev–Trinajstić information content (AvgIpc) is 2.34. The average molecular weight is 252 g/mol. The molecule has 0 aliphatic heterocycles. The minimum Gasteiger partial charge on any atom is -0.496 e. The maximum Gasteiger partial charge on any atom is 0.309 e. The predicted octanol–water partition coefficient (Wildman–Crippen LogP) is 2.54. The van der Waals surface area contributed by atoms with Crippen molar-refractivity contribution in [3.8, 4) is 5.75 Å². The lowest BCUT2D eigenvalue weighted by atomic mass is 9.91. The highest BCUT2D eigenvalue weighted by atomic mass is 16.5. The highest BCUT2D eigenvalue weighted by Gasteiger charge is 2.27. The van der Waals surface area contributed by atoms with Crippen molar-refractivity contribution in [1.29, 1.82) is 0 Å². The fourth-order valence-corrected chi connectivity index (χ4v) is 2.05. The number of aliphatic hydroxyl groups is 1. The van der Waals surface area contributed by atoms with E-state index in [4.69, 9.17) is 9.84 Å². The maximum absolute atomic E-state index is 11.1. The second kappa shape index (κ2) is 6.40. The van der Waals surface area contributed by atoms with Crippen LogP contribution in [0.4, 0.5) is 0 Å². The van der Waals surface area contributed by atoms with Gasteiger partial charge in [-0.25, -0.2) is 0 Å². The monoisotopic (exact) mass is 252 g/mol. The van der Waals surface area contributed by atoms with E-state index in [2.05, 4.69) is 0 Å². The molecule has 2 N–H and O–H groups in total. The molecule has 0 amide bonds. The van der Waals surface area contributed by atoms with Crippen LogP contribution in [-0.2, 0) is 4.79 Å². The number of aliphatic hydroxyl groups excluding tert-OH is 1. The number of hydrogen-bond acceptors (Lipinski definition) is 3. The van der Waals surface area contributed by atoms with E-state index in [9.17, 15) is 9.90 Å². The van der Waals surface area contributed by atoms with Gasteiger partial charge in [0.05, 0.1) is 19.1 Å². The molecule has 1 rings (SSSR count). The fourth-order valence-electron chi connectivity index (χ4n) is 2.05. The first kappa shape index (κ1) is 14.5. The van der Waals surface area contributed by atoms with E-state index in [1.807, 2.05) is 13.8 Å². The first-order chi connectivity index (χ1) is 8.51. The number of rotatable bonds is 6. The van der Waals surface area contributed by atoms with E-state index in [0.29, 0.717) is 12.0 Å². The molecule has 0 bridgehead atoms. The minimum atomic E-state index is -0.980. The van der Waals surface area contributed by atoms with Crippen molar-refractivity contribution in [2.75, 3.05) is 7.11 Å². The summed E-state index contributed by atoms with van der Waals surface area (Å²) < 4.78 is 5.14. The van der Waals surface area contributed by atoms with Crippen LogP contribution in [0, 0.1) is 12.8 Å². The Morgan fingerprint density at radius 2 is 2.11 bits per heavy atom. The highest BCUT2D eigenvalue weighted by molar-refractivity contribution is 5.71. The molecule has 0 aliphatic rings. The first-order valence-corrected chi connectivity index (χ1v) is 6.06. The lowest BCUT2D eigenvalue weighted by Gasteiger charge is -2.19. The Morgan fingerprint density at radius 3 is 2.56 bits per heavy atom. The first-order valence-electron chi connectivity index (χ1n) is 6.06. The Hall–Kier alpha value is -1.55. The molecule has 1 aromatic rings. The second-order valence-electron chi connectivity index (χ2n) is 4.41. The molecule has 2 atom stereocenters. The summed E-state index contributed by atoms with van der Waals surface area (Å²) in [5.74, 6) is -0.992. The van der Waals surface area contributed by atoms with Gasteiger partial charge in [-0.2, -0.15) is 0 Å². The number of aliphatic carboxylic acids is 1. The van der Waals surface area contributed by atoms with Crippen molar-refractivity contribution < 1.29 is 19.7 Å². The molecular formula is C14H20O4. The standard InChI is InChI=1S/C14H20O4/c1-4-5-11(14(16)17)13(15)10-6-7-12(18-3)9(2)8-10/h6-8,11,13,15H,4-5H2,1-3H3,(H,16,17). The van der Waals surface area contributed by atoms with E-state index in [1.54, 1.807) is 25.3 Å². The van der Waals surface area contributed by atoms with Crippen LogP contribution in [0.2, 0.25) is 0 Å². The molecule has 0 aliphatic carbocycles. The molecule has 0 radical (unpaired) electrons. The molecule has 100 valence electrons. The Bertz CT molecular complexity index is 414. The van der Waals surface area contributed by atoms with Gasteiger partial charge < -0.3 is 14.9 Å². The van der Waals surface area contributed by atoms with Crippen LogP contribution in [0.1, 0.15) is 37.0 Å². The number of carboxylic acid groups (broad SMARTS) is 1. The van der Waals surface area contributed by atoms with Crippen LogP contribution < -0.4 is 4.74 Å². The Balaban J connectivity index is 2.97. The number of ether oxygens (including phenoxy) is 1. The molecule has 2 unspecified atom stereocenters. The summed E-state index contributed by atoms with van der Waals surface area (Å²) in [4.78, 5) is 11.1. The van der Waals surface area contributed by atoms with Crippen LogP contribution in [-0.4, -0.2) is 23.3 Å². The topological polar surface area (TPSA) is 66.8 Å². The van der Waals surface area contributed by atoms with Gasteiger partial charge in [0.2, 0.25) is 0 Å². The van der Waals surface area contributed by atoms with Gasteiger partial charge in [0, 0.05) is 0 Å². The van der Waals surface area contributed by atoms with Gasteiger partial charge in [-0.3, -0.25) is 4.79 Å². The second-order valence-corrected chi connectivity index (χ2v) is 4.41. The molecule has 0 heterocycles. The van der Waals surface area contributed by atoms with Gasteiger partial charge >= 0.3 is 5.97 Å². The molecule has 4 nitrogen and oxygen atoms in total. The van der Waals surface area contributed by atoms with E-state index < -0.39 is 18.0 Å². The molecule has 18 heavy (non-hydrogen) atoms. The summed E-state index contributed by atoms with van der Waals surface area (Å²) >= 11 is 0. The summed E-state index contributed by atoms with van der Waals surface area (Å²) in [6.07, 6.45) is 0.206. The van der Waals surface area contributed by atoms with E-state index >= 15 is 0 Å². The van der Waals surface area contributed by atoms with Crippen molar-refractivity contribution >= 4 is 5.97 Å². The molecule has 0 saturated carbocycles. The van der Waals surface area contributed by atoms with Crippen molar-refractivity contribution in [3.63, 3.8) is 0 Å². The van der Waals surface area contributed by atoms with Crippen LogP contribution in [0.25, 0.3) is 0 Å². The fraction of sp³-hybridized carbons (Fsp3) is 0.500. The zero-order valence-electron chi connectivity index (χ0n) is 11.0. The van der Waals surface area contributed by atoms with Crippen LogP contribution >= 0.6 is 0 Å². The quantitative estimate of drug-likeness (QED) is 0.816. The largest absolute Gasteiger partial charge is 0.496 e. The molecular weight excluding hydrogens is 232 g/mol. The summed E-state index contributed by atoms with van der Waals surface area (Å²) in [7, 11) is 1.58. The van der Waals surface area contributed by atoms with Gasteiger partial charge in [-0.15, -0.1) is 0 Å². The number of carbonyl (C=O) groups is 1. The molecule has 0 spiro atoms. The number of methoxy groups -OCH3 is 1. The van der Waals surface area contributed by atoms with E-state index in [0.717, 1.165) is 17.7 Å². The number of carboxylic acids is 1. The van der Waals surface area contributed by atoms with Gasteiger partial charge in [0.25, 0.3) is 0 Å². The van der Waals surface area contributed by atoms with Crippen molar-refractivity contribution in [2.24, 2.45) is 5.92 Å². The Kier molecular flexibility index (Phi) is 5.16. The maximum atomic E-state index is 11.1. The smallest absolute Gasteiger partial charge is 0.309 e. The van der Waals surface area contributed by atoms with Gasteiger partial charge in [0.1, 0.15) is 5.75 Å². The zero-order chi connectivity index (χ0) is 13.7. The molecule has 0 saturated heterocycles. The minimum absolute atomic E-state index is 0.460. The molecule has 4 heteroatoms. The third-order valence-electron chi connectivity index (χ3n) is 3.06. The predicted molar refractivity (Wildman–Crippen MR) is 68.7 cm³/mol. The number of hydrogen-bond donors (Lipinski definition) is 2. The van der Waals surface area contributed by atoms with Gasteiger partial charge in [0.15, 0.2) is 0 Å². The summed E-state index contributed by atoms with van der Waals surface area (Å²) in [6, 6.07) is 5.23. The zero-order valence-corrected chi connectivity index (χ0v) is 11.0. The molecule has 1 aromatic carbocycles. The van der Waals surface area contributed by atoms with Crippen LogP contribution in [0.15, 0.2) is 18.2 Å². The normalized spacial score (nSPS) is 14.0. The summed E-state index contributed by atoms with van der Waals surface area (Å²) in [5, 5.41) is 19.3. The van der Waals surface area contributed by atoms with Crippen molar-refractivity contribution in [1.82, 2.24) is 0 Å². The Morgan fingerprint density at radius 1 is 1.44 bits per heavy atom. The number of benzene rings is 1.